The van der Waals surface area contributed by atoms with E-state index >= 15 is 0 Å². The first kappa shape index (κ1) is 20.1. The minimum atomic E-state index is -0.173. The Kier molecular flexibility index (Phi) is 5.01. The fraction of sp³-hybridized carbons (Fsp3) is 0.240. The molecule has 5 rings (SSSR count). The molecule has 7 nitrogen and oxygen atoms in total. The SMILES string of the molecule is Cc1ccccc1-c1cc(C(=O)NCc2ccc3c(c2)OCO3)c2cnn(C(C)C)c2n1. The Morgan fingerprint density at radius 2 is 1.94 bits per heavy atom. The monoisotopic (exact) mass is 428 g/mol. The van der Waals surface area contributed by atoms with Gasteiger partial charge in [-0.2, -0.15) is 5.10 Å². The van der Waals surface area contributed by atoms with Crippen molar-refractivity contribution in [2.24, 2.45) is 0 Å². The van der Waals surface area contributed by atoms with E-state index in [0.29, 0.717) is 23.5 Å². The number of fused-ring (bicyclic) bond motifs is 2. The summed E-state index contributed by atoms with van der Waals surface area (Å²) in [5.41, 5.74) is 5.04. The van der Waals surface area contributed by atoms with E-state index in [0.717, 1.165) is 33.5 Å². The number of nitrogens with zero attached hydrogens (tertiary/aromatic N) is 3. The van der Waals surface area contributed by atoms with Crippen molar-refractivity contribution in [1.29, 1.82) is 0 Å². The molecule has 0 saturated carbocycles. The van der Waals surface area contributed by atoms with Crippen molar-refractivity contribution < 1.29 is 14.3 Å². The highest BCUT2D eigenvalue weighted by atomic mass is 16.7. The van der Waals surface area contributed by atoms with Gasteiger partial charge in [0.15, 0.2) is 17.1 Å². The summed E-state index contributed by atoms with van der Waals surface area (Å²) in [7, 11) is 0. The van der Waals surface area contributed by atoms with Crippen LogP contribution in [0.2, 0.25) is 0 Å². The first-order valence-electron chi connectivity index (χ1n) is 10.6. The van der Waals surface area contributed by atoms with Gasteiger partial charge >= 0.3 is 0 Å². The molecule has 1 N–H and O–H groups in total. The quantitative estimate of drug-likeness (QED) is 0.501. The third kappa shape index (κ3) is 3.56. The van der Waals surface area contributed by atoms with Gasteiger partial charge in [0.25, 0.3) is 5.91 Å². The van der Waals surface area contributed by atoms with Crippen LogP contribution < -0.4 is 14.8 Å². The van der Waals surface area contributed by atoms with E-state index in [1.54, 1.807) is 6.20 Å². The molecule has 2 aromatic heterocycles. The molecule has 1 amide bonds. The Bertz CT molecular complexity index is 1330. The zero-order chi connectivity index (χ0) is 22.2. The molecule has 7 heteroatoms. The molecule has 1 aliphatic rings. The van der Waals surface area contributed by atoms with Crippen LogP contribution >= 0.6 is 0 Å². The molecule has 1 aliphatic heterocycles. The van der Waals surface area contributed by atoms with Crippen molar-refractivity contribution in [3.63, 3.8) is 0 Å². The molecule has 0 aliphatic carbocycles. The van der Waals surface area contributed by atoms with E-state index in [-0.39, 0.29) is 18.7 Å². The number of hydrogen-bond acceptors (Lipinski definition) is 5. The Balaban J connectivity index is 1.52. The standard InChI is InChI=1S/C25H24N4O3/c1-15(2)29-24-20(13-27-29)19(11-21(28-24)18-7-5-4-6-16(18)3)25(30)26-12-17-8-9-22-23(10-17)32-14-31-22/h4-11,13,15H,12,14H2,1-3H3,(H,26,30). The zero-order valence-electron chi connectivity index (χ0n) is 18.3. The van der Waals surface area contributed by atoms with Crippen LogP contribution in [0.3, 0.4) is 0 Å². The highest BCUT2D eigenvalue weighted by Gasteiger charge is 2.19. The number of carbonyl (C=O) groups excluding carboxylic acids is 1. The predicted molar refractivity (Wildman–Crippen MR) is 122 cm³/mol. The van der Waals surface area contributed by atoms with Crippen LogP contribution in [0.5, 0.6) is 11.5 Å². The van der Waals surface area contributed by atoms with Gasteiger partial charge in [0.2, 0.25) is 6.79 Å². The van der Waals surface area contributed by atoms with Gasteiger partial charge in [-0.1, -0.05) is 30.3 Å². The lowest BCUT2D eigenvalue weighted by Crippen LogP contribution is -2.23. The Hall–Kier alpha value is -3.87. The summed E-state index contributed by atoms with van der Waals surface area (Å²) in [5, 5.41) is 8.26. The van der Waals surface area contributed by atoms with Crippen molar-refractivity contribution in [1.82, 2.24) is 20.1 Å². The van der Waals surface area contributed by atoms with Crippen LogP contribution in [0.25, 0.3) is 22.3 Å². The number of hydrogen-bond donors (Lipinski definition) is 1. The lowest BCUT2D eigenvalue weighted by atomic mass is 10.0. The molecule has 0 bridgehead atoms. The average molecular weight is 428 g/mol. The molecule has 2 aromatic carbocycles. The van der Waals surface area contributed by atoms with Gasteiger partial charge in [0, 0.05) is 18.2 Å². The number of aryl methyl sites for hydroxylation is 1. The first-order chi connectivity index (χ1) is 15.5. The second kappa shape index (κ2) is 8.00. The number of pyridine rings is 1. The summed E-state index contributed by atoms with van der Waals surface area (Å²) in [4.78, 5) is 18.2. The summed E-state index contributed by atoms with van der Waals surface area (Å²) in [6, 6.07) is 15.7. The topological polar surface area (TPSA) is 78.3 Å². The molecule has 0 radical (unpaired) electrons. The van der Waals surface area contributed by atoms with Gasteiger partial charge in [-0.15, -0.1) is 0 Å². The van der Waals surface area contributed by atoms with Crippen LogP contribution in [-0.4, -0.2) is 27.5 Å². The number of nitrogens with one attached hydrogen (secondary N) is 1. The maximum absolute atomic E-state index is 13.3. The number of ether oxygens (including phenoxy) is 2. The van der Waals surface area contributed by atoms with Gasteiger partial charge in [0.1, 0.15) is 0 Å². The van der Waals surface area contributed by atoms with Crippen LogP contribution in [0.15, 0.2) is 54.7 Å². The molecule has 162 valence electrons. The summed E-state index contributed by atoms with van der Waals surface area (Å²) < 4.78 is 12.6. The van der Waals surface area contributed by atoms with E-state index in [2.05, 4.69) is 10.4 Å². The summed E-state index contributed by atoms with van der Waals surface area (Å²) in [6.07, 6.45) is 1.72. The van der Waals surface area contributed by atoms with Crippen LogP contribution in [0.1, 0.15) is 41.4 Å². The van der Waals surface area contributed by atoms with E-state index < -0.39 is 0 Å². The summed E-state index contributed by atoms with van der Waals surface area (Å²) in [5.74, 6) is 1.25. The van der Waals surface area contributed by atoms with Gasteiger partial charge in [0.05, 0.1) is 22.8 Å². The maximum atomic E-state index is 13.3. The second-order valence-electron chi connectivity index (χ2n) is 8.16. The van der Waals surface area contributed by atoms with E-state index in [4.69, 9.17) is 14.5 Å². The maximum Gasteiger partial charge on any atom is 0.252 e. The van der Waals surface area contributed by atoms with Gasteiger partial charge in [-0.3, -0.25) is 4.79 Å². The van der Waals surface area contributed by atoms with Crippen molar-refractivity contribution in [3.8, 4) is 22.8 Å². The highest BCUT2D eigenvalue weighted by molar-refractivity contribution is 6.06. The van der Waals surface area contributed by atoms with Crippen molar-refractivity contribution in [2.75, 3.05) is 6.79 Å². The molecule has 0 atom stereocenters. The second-order valence-corrected chi connectivity index (χ2v) is 8.16. The summed E-state index contributed by atoms with van der Waals surface area (Å²) >= 11 is 0. The number of aromatic nitrogens is 3. The van der Waals surface area contributed by atoms with Gasteiger partial charge in [-0.25, -0.2) is 9.67 Å². The first-order valence-corrected chi connectivity index (χ1v) is 10.6. The fourth-order valence-corrected chi connectivity index (χ4v) is 3.91. The molecule has 0 spiro atoms. The third-order valence-electron chi connectivity index (χ3n) is 5.61. The fourth-order valence-electron chi connectivity index (χ4n) is 3.91. The summed E-state index contributed by atoms with van der Waals surface area (Å²) in [6.45, 7) is 6.74. The number of carbonyl (C=O) groups is 1. The molecule has 32 heavy (non-hydrogen) atoms. The lowest BCUT2D eigenvalue weighted by Gasteiger charge is -2.12. The van der Waals surface area contributed by atoms with E-state index in [1.165, 1.54) is 0 Å². The highest BCUT2D eigenvalue weighted by Crippen LogP contribution is 2.32. The molecule has 0 unspecified atom stereocenters. The van der Waals surface area contributed by atoms with Crippen molar-refractivity contribution >= 4 is 16.9 Å². The van der Waals surface area contributed by atoms with E-state index in [9.17, 15) is 4.79 Å². The molecule has 4 aromatic rings. The minimum absolute atomic E-state index is 0.122. The van der Waals surface area contributed by atoms with Crippen LogP contribution in [0.4, 0.5) is 0 Å². The van der Waals surface area contributed by atoms with Gasteiger partial charge < -0.3 is 14.8 Å². The van der Waals surface area contributed by atoms with Crippen LogP contribution in [-0.2, 0) is 6.54 Å². The van der Waals surface area contributed by atoms with E-state index in [1.807, 2.05) is 74.0 Å². The number of benzene rings is 2. The largest absolute Gasteiger partial charge is 0.454 e. The van der Waals surface area contributed by atoms with Gasteiger partial charge in [-0.05, 0) is 50.1 Å². The molecule has 3 heterocycles. The Morgan fingerprint density at radius 1 is 1.12 bits per heavy atom. The minimum Gasteiger partial charge on any atom is -0.454 e. The molecular weight excluding hydrogens is 404 g/mol. The predicted octanol–water partition coefficient (Wildman–Crippen LogP) is 4.65. The normalized spacial score (nSPS) is 12.5. The molecular formula is C25H24N4O3. The Morgan fingerprint density at radius 3 is 2.75 bits per heavy atom. The number of amides is 1. The smallest absolute Gasteiger partial charge is 0.252 e. The van der Waals surface area contributed by atoms with Crippen molar-refractivity contribution in [2.45, 2.75) is 33.4 Å². The third-order valence-corrected chi connectivity index (χ3v) is 5.61. The molecule has 0 fully saturated rings. The van der Waals surface area contributed by atoms with Crippen LogP contribution in [0, 0.1) is 6.92 Å². The average Bonchev–Trinajstić information content (AvgIpc) is 3.43. The zero-order valence-corrected chi connectivity index (χ0v) is 18.3. The lowest BCUT2D eigenvalue weighted by molar-refractivity contribution is 0.0952. The Labute approximate surface area is 186 Å². The number of rotatable bonds is 5. The van der Waals surface area contributed by atoms with Crippen molar-refractivity contribution in [3.05, 3.63) is 71.4 Å². The molecule has 0 saturated heterocycles.